The van der Waals surface area contributed by atoms with Crippen molar-refractivity contribution in [3.63, 3.8) is 0 Å². The number of urea groups is 1. The van der Waals surface area contributed by atoms with Crippen molar-refractivity contribution in [1.29, 1.82) is 0 Å². The van der Waals surface area contributed by atoms with Crippen molar-refractivity contribution in [1.82, 2.24) is 20.4 Å². The van der Waals surface area contributed by atoms with Gasteiger partial charge in [0.1, 0.15) is 17.4 Å². The maximum absolute atomic E-state index is 13.3. The normalized spacial score (nSPS) is 26.4. The van der Waals surface area contributed by atoms with Gasteiger partial charge in [-0.25, -0.2) is 9.79 Å². The molecule has 2 amide bonds. The van der Waals surface area contributed by atoms with E-state index < -0.39 is 0 Å². The zero-order valence-electron chi connectivity index (χ0n) is 16.8. The zero-order valence-corrected chi connectivity index (χ0v) is 18.4. The van der Waals surface area contributed by atoms with Crippen LogP contribution in [0.15, 0.2) is 45.2 Å². The number of fused-ring (bicyclic) bond motifs is 2. The van der Waals surface area contributed by atoms with E-state index in [4.69, 9.17) is 4.99 Å². The van der Waals surface area contributed by atoms with Gasteiger partial charge in [-0.15, -0.1) is 0 Å². The molecule has 7 heteroatoms. The standard InChI is InChI=1S/C22H28BrN5O/c1-2-10-27-21-18(25-19(26-21)15-7-3-4-8-15)20-24-17(13-28(20)22(27)29)12-14-6-5-9-16(23)11-14/h5-6,9,11,15,17,21,24H,2-4,7-8,10,12-13H2,1H3,(H,25,26). The van der Waals surface area contributed by atoms with Gasteiger partial charge in [-0.05, 0) is 43.4 Å². The van der Waals surface area contributed by atoms with Crippen LogP contribution in [-0.2, 0) is 6.42 Å². The molecule has 0 bridgehead atoms. The van der Waals surface area contributed by atoms with E-state index in [0.717, 1.165) is 41.2 Å². The average molecular weight is 458 g/mol. The summed E-state index contributed by atoms with van der Waals surface area (Å²) in [5, 5.41) is 7.28. The number of aliphatic imine (C=N–C) groups is 1. The molecule has 29 heavy (non-hydrogen) atoms. The molecule has 2 fully saturated rings. The molecule has 2 N–H and O–H groups in total. The first-order chi connectivity index (χ1) is 14.1. The fourth-order valence-corrected chi connectivity index (χ4v) is 5.50. The van der Waals surface area contributed by atoms with Crippen LogP contribution in [0.3, 0.4) is 0 Å². The first kappa shape index (κ1) is 19.0. The number of hydrogen-bond acceptors (Lipinski definition) is 4. The lowest BCUT2D eigenvalue weighted by Crippen LogP contribution is -2.53. The summed E-state index contributed by atoms with van der Waals surface area (Å²) in [6.07, 6.45) is 6.58. The van der Waals surface area contributed by atoms with Gasteiger partial charge in [-0.3, -0.25) is 9.80 Å². The number of carbonyl (C=O) groups is 1. The lowest BCUT2D eigenvalue weighted by atomic mass is 10.1. The Morgan fingerprint density at radius 1 is 1.28 bits per heavy atom. The molecule has 1 aromatic carbocycles. The number of amidine groups is 1. The van der Waals surface area contributed by atoms with Crippen LogP contribution in [0.25, 0.3) is 0 Å². The third-order valence-electron chi connectivity index (χ3n) is 6.40. The molecule has 6 nitrogen and oxygen atoms in total. The Kier molecular flexibility index (Phi) is 5.02. The van der Waals surface area contributed by atoms with Crippen LogP contribution >= 0.6 is 15.9 Å². The number of nitrogens with zero attached hydrogens (tertiary/aromatic N) is 3. The van der Waals surface area contributed by atoms with Crippen LogP contribution < -0.4 is 10.6 Å². The van der Waals surface area contributed by atoms with Crippen molar-refractivity contribution < 1.29 is 4.79 Å². The molecule has 0 aromatic heterocycles. The Bertz CT molecular complexity index is 876. The molecule has 2 atom stereocenters. The van der Waals surface area contributed by atoms with Crippen LogP contribution in [0.4, 0.5) is 4.79 Å². The van der Waals surface area contributed by atoms with Gasteiger partial charge in [0.2, 0.25) is 0 Å². The third-order valence-corrected chi connectivity index (χ3v) is 6.89. The molecule has 0 radical (unpaired) electrons. The highest BCUT2D eigenvalue weighted by molar-refractivity contribution is 9.10. The summed E-state index contributed by atoms with van der Waals surface area (Å²) in [7, 11) is 0. The van der Waals surface area contributed by atoms with Crippen molar-refractivity contribution in [2.45, 2.75) is 57.7 Å². The van der Waals surface area contributed by atoms with E-state index in [2.05, 4.69) is 51.7 Å². The monoisotopic (exact) mass is 457 g/mol. The number of carbonyl (C=O) groups excluding carboxylic acids is 1. The molecule has 2 unspecified atom stereocenters. The van der Waals surface area contributed by atoms with Crippen LogP contribution in [0, 0.1) is 5.92 Å². The summed E-state index contributed by atoms with van der Waals surface area (Å²) in [5.41, 5.74) is 2.33. The summed E-state index contributed by atoms with van der Waals surface area (Å²) >= 11 is 3.56. The Labute approximate surface area is 180 Å². The second kappa shape index (κ2) is 7.67. The van der Waals surface area contributed by atoms with Gasteiger partial charge in [0.05, 0.1) is 0 Å². The van der Waals surface area contributed by atoms with Crippen LogP contribution in [0.2, 0.25) is 0 Å². The smallest absolute Gasteiger partial charge is 0.327 e. The maximum Gasteiger partial charge on any atom is 0.327 e. The largest absolute Gasteiger partial charge is 0.365 e. The Morgan fingerprint density at radius 2 is 2.10 bits per heavy atom. The second-order valence-electron chi connectivity index (χ2n) is 8.52. The van der Waals surface area contributed by atoms with Gasteiger partial charge in [0.15, 0.2) is 6.17 Å². The molecule has 1 saturated heterocycles. The van der Waals surface area contributed by atoms with Gasteiger partial charge in [0.25, 0.3) is 0 Å². The zero-order chi connectivity index (χ0) is 20.0. The predicted octanol–water partition coefficient (Wildman–Crippen LogP) is 3.80. The minimum absolute atomic E-state index is 0.0815. The molecule has 1 aliphatic carbocycles. The molecule has 5 rings (SSSR count). The summed E-state index contributed by atoms with van der Waals surface area (Å²) < 4.78 is 1.09. The van der Waals surface area contributed by atoms with Gasteiger partial charge in [-0.1, -0.05) is 47.8 Å². The minimum Gasteiger partial charge on any atom is -0.365 e. The topological polar surface area (TPSA) is 60.0 Å². The highest BCUT2D eigenvalue weighted by Gasteiger charge is 2.47. The van der Waals surface area contributed by atoms with E-state index in [-0.39, 0.29) is 18.2 Å². The van der Waals surface area contributed by atoms with Crippen LogP contribution in [0.1, 0.15) is 44.6 Å². The van der Waals surface area contributed by atoms with Crippen molar-refractivity contribution >= 4 is 27.8 Å². The van der Waals surface area contributed by atoms with Crippen molar-refractivity contribution in [3.05, 3.63) is 45.8 Å². The van der Waals surface area contributed by atoms with Crippen molar-refractivity contribution in [2.24, 2.45) is 10.9 Å². The van der Waals surface area contributed by atoms with Gasteiger partial charge >= 0.3 is 6.03 Å². The third kappa shape index (κ3) is 3.43. The molecule has 3 heterocycles. The summed E-state index contributed by atoms with van der Waals surface area (Å²) in [5.74, 6) is 2.53. The molecule has 154 valence electrons. The van der Waals surface area contributed by atoms with E-state index in [1.54, 1.807) is 0 Å². The number of hydrogen-bond donors (Lipinski definition) is 2. The first-order valence-electron chi connectivity index (χ1n) is 10.8. The van der Waals surface area contributed by atoms with Crippen molar-refractivity contribution in [2.75, 3.05) is 13.1 Å². The van der Waals surface area contributed by atoms with E-state index >= 15 is 0 Å². The number of rotatable bonds is 5. The predicted molar refractivity (Wildman–Crippen MR) is 117 cm³/mol. The summed E-state index contributed by atoms with van der Waals surface area (Å²) in [6, 6.07) is 8.69. The number of nitrogens with one attached hydrogen (secondary N) is 2. The Balaban J connectivity index is 1.42. The van der Waals surface area contributed by atoms with E-state index in [1.807, 2.05) is 15.9 Å². The summed E-state index contributed by atoms with van der Waals surface area (Å²) in [4.78, 5) is 22.2. The molecule has 0 spiro atoms. The lowest BCUT2D eigenvalue weighted by molar-refractivity contribution is 0.146. The van der Waals surface area contributed by atoms with E-state index in [0.29, 0.717) is 12.5 Å². The van der Waals surface area contributed by atoms with E-state index in [9.17, 15) is 4.79 Å². The maximum atomic E-state index is 13.3. The minimum atomic E-state index is -0.193. The van der Waals surface area contributed by atoms with Gasteiger partial charge in [0, 0.05) is 29.5 Å². The molecular weight excluding hydrogens is 430 g/mol. The number of amides is 2. The first-order valence-corrected chi connectivity index (χ1v) is 11.6. The van der Waals surface area contributed by atoms with Gasteiger partial charge in [-0.2, -0.15) is 0 Å². The average Bonchev–Trinajstić information content (AvgIpc) is 3.43. The van der Waals surface area contributed by atoms with Crippen LogP contribution in [0.5, 0.6) is 0 Å². The fraction of sp³-hybridized carbons (Fsp3) is 0.545. The SMILES string of the molecule is CCCN1C(=O)N2CC(Cc3cccc(Br)c3)NC2=C2NC(C3CCCC3)=NC21. The molecule has 1 saturated carbocycles. The fourth-order valence-electron chi connectivity index (χ4n) is 5.05. The molecular formula is C22H28BrN5O. The number of halogens is 1. The van der Waals surface area contributed by atoms with E-state index in [1.165, 1.54) is 31.2 Å². The Hall–Kier alpha value is -2.02. The Morgan fingerprint density at radius 3 is 2.86 bits per heavy atom. The van der Waals surface area contributed by atoms with Gasteiger partial charge < -0.3 is 10.6 Å². The lowest BCUT2D eigenvalue weighted by Gasteiger charge is -2.36. The summed E-state index contributed by atoms with van der Waals surface area (Å²) in [6.45, 7) is 3.54. The second-order valence-corrected chi connectivity index (χ2v) is 9.43. The number of benzene rings is 1. The quantitative estimate of drug-likeness (QED) is 0.706. The highest BCUT2D eigenvalue weighted by atomic mass is 79.9. The molecule has 1 aromatic rings. The van der Waals surface area contributed by atoms with Crippen LogP contribution in [-0.4, -0.2) is 47.0 Å². The highest BCUT2D eigenvalue weighted by Crippen LogP contribution is 2.35. The van der Waals surface area contributed by atoms with Crippen molar-refractivity contribution in [3.8, 4) is 0 Å². The molecule has 3 aliphatic heterocycles. The molecule has 4 aliphatic rings.